The predicted molar refractivity (Wildman–Crippen MR) is 84.6 cm³/mol. The van der Waals surface area contributed by atoms with Crippen molar-refractivity contribution < 1.29 is 9.50 Å². The van der Waals surface area contributed by atoms with Crippen LogP contribution in [0.2, 0.25) is 15.1 Å². The molecule has 2 aromatic rings. The van der Waals surface area contributed by atoms with Crippen molar-refractivity contribution >= 4 is 56.4 Å². The van der Waals surface area contributed by atoms with Gasteiger partial charge in [0.15, 0.2) is 0 Å². The van der Waals surface area contributed by atoms with Gasteiger partial charge in [-0.1, -0.05) is 34.8 Å². The maximum atomic E-state index is 13.1. The number of phenols is 1. The summed E-state index contributed by atoms with van der Waals surface area (Å²) in [4.78, 5) is 0. The molecule has 0 aliphatic rings. The third kappa shape index (κ3) is 3.50. The Kier molecular flexibility index (Phi) is 5.02. The summed E-state index contributed by atoms with van der Waals surface area (Å²) in [5, 5.41) is 13.6. The summed E-state index contributed by atoms with van der Waals surface area (Å²) in [6, 6.07) is 5.52. The van der Waals surface area contributed by atoms with E-state index in [0.29, 0.717) is 20.7 Å². The van der Waals surface area contributed by atoms with Crippen LogP contribution in [0.15, 0.2) is 28.7 Å². The molecule has 2 rings (SSSR count). The summed E-state index contributed by atoms with van der Waals surface area (Å²) >= 11 is 20.9. The van der Waals surface area contributed by atoms with Crippen molar-refractivity contribution in [2.45, 2.75) is 6.54 Å². The number of hydrogen-bond donors (Lipinski definition) is 2. The van der Waals surface area contributed by atoms with Crippen molar-refractivity contribution in [3.8, 4) is 5.75 Å². The zero-order valence-electron chi connectivity index (χ0n) is 9.85. The van der Waals surface area contributed by atoms with Gasteiger partial charge in [0, 0.05) is 21.6 Å². The molecule has 106 valence electrons. The van der Waals surface area contributed by atoms with Crippen LogP contribution in [-0.4, -0.2) is 5.11 Å². The molecule has 0 aliphatic heterocycles. The van der Waals surface area contributed by atoms with Gasteiger partial charge in [-0.05, 0) is 40.2 Å². The Bertz CT molecular complexity index is 643. The molecule has 0 radical (unpaired) electrons. The van der Waals surface area contributed by atoms with Crippen molar-refractivity contribution in [2.24, 2.45) is 0 Å². The Morgan fingerprint density at radius 3 is 2.45 bits per heavy atom. The number of aromatic hydroxyl groups is 1. The van der Waals surface area contributed by atoms with Gasteiger partial charge >= 0.3 is 0 Å². The first-order valence-electron chi connectivity index (χ1n) is 5.44. The summed E-state index contributed by atoms with van der Waals surface area (Å²) in [5.74, 6) is -0.501. The van der Waals surface area contributed by atoms with Crippen LogP contribution in [0, 0.1) is 5.82 Å². The molecule has 2 nitrogen and oxygen atoms in total. The normalized spacial score (nSPS) is 10.7. The number of rotatable bonds is 3. The average molecular weight is 399 g/mol. The lowest BCUT2D eigenvalue weighted by Gasteiger charge is -2.12. The van der Waals surface area contributed by atoms with Crippen molar-refractivity contribution in [1.82, 2.24) is 0 Å². The Hall–Kier alpha value is -0.680. The van der Waals surface area contributed by atoms with Crippen LogP contribution < -0.4 is 5.32 Å². The molecule has 2 N–H and O–H groups in total. The van der Waals surface area contributed by atoms with E-state index >= 15 is 0 Å². The van der Waals surface area contributed by atoms with E-state index in [4.69, 9.17) is 34.8 Å². The van der Waals surface area contributed by atoms with Gasteiger partial charge in [-0.3, -0.25) is 0 Å². The van der Waals surface area contributed by atoms with Gasteiger partial charge in [0.25, 0.3) is 0 Å². The number of benzene rings is 2. The van der Waals surface area contributed by atoms with E-state index in [2.05, 4.69) is 21.2 Å². The number of nitrogens with one attached hydrogen (secondary N) is 1. The minimum absolute atomic E-state index is 0.0575. The van der Waals surface area contributed by atoms with Gasteiger partial charge in [-0.25, -0.2) is 4.39 Å². The summed E-state index contributed by atoms with van der Waals surface area (Å²) in [6.45, 7) is 0.232. The Balaban J connectivity index is 2.26. The van der Waals surface area contributed by atoms with Crippen LogP contribution in [0.5, 0.6) is 5.75 Å². The van der Waals surface area contributed by atoms with Crippen LogP contribution in [0.1, 0.15) is 5.56 Å². The molecule has 0 amide bonds. The third-order valence-corrected chi connectivity index (χ3v) is 4.00. The molecule has 2 aromatic carbocycles. The van der Waals surface area contributed by atoms with E-state index < -0.39 is 5.82 Å². The predicted octanol–water partition coefficient (Wildman–Crippen LogP) is 5.87. The lowest BCUT2D eigenvalue weighted by Crippen LogP contribution is -2.02. The molecule has 0 fully saturated rings. The zero-order valence-corrected chi connectivity index (χ0v) is 13.7. The second kappa shape index (κ2) is 6.39. The van der Waals surface area contributed by atoms with Gasteiger partial charge in [-0.15, -0.1) is 0 Å². The van der Waals surface area contributed by atoms with Crippen molar-refractivity contribution in [3.63, 3.8) is 0 Å². The number of halogens is 5. The highest BCUT2D eigenvalue weighted by atomic mass is 79.9. The van der Waals surface area contributed by atoms with E-state index in [-0.39, 0.29) is 22.3 Å². The minimum Gasteiger partial charge on any atom is -0.506 e. The number of hydrogen-bond acceptors (Lipinski definition) is 2. The largest absolute Gasteiger partial charge is 0.506 e. The van der Waals surface area contributed by atoms with E-state index in [1.54, 1.807) is 6.07 Å². The fraction of sp³-hybridized carbons (Fsp3) is 0.0769. The van der Waals surface area contributed by atoms with Crippen LogP contribution in [0.3, 0.4) is 0 Å². The first kappa shape index (κ1) is 15.7. The molecule has 0 atom stereocenters. The molecule has 0 unspecified atom stereocenters. The van der Waals surface area contributed by atoms with Crippen molar-refractivity contribution in [3.05, 3.63) is 55.2 Å². The molecule has 0 heterocycles. The highest BCUT2D eigenvalue weighted by Crippen LogP contribution is 2.35. The van der Waals surface area contributed by atoms with Crippen molar-refractivity contribution in [1.29, 1.82) is 0 Å². The lowest BCUT2D eigenvalue weighted by atomic mass is 10.2. The second-order valence-corrected chi connectivity index (χ2v) is 6.10. The summed E-state index contributed by atoms with van der Waals surface area (Å²) in [7, 11) is 0. The highest BCUT2D eigenvalue weighted by molar-refractivity contribution is 9.10. The zero-order chi connectivity index (χ0) is 14.9. The minimum atomic E-state index is -0.443. The molecule has 0 spiro atoms. The third-order valence-electron chi connectivity index (χ3n) is 2.57. The highest BCUT2D eigenvalue weighted by Gasteiger charge is 2.11. The molecular formula is C13H8BrCl3FNO. The van der Waals surface area contributed by atoms with Gasteiger partial charge in [0.05, 0.1) is 15.7 Å². The second-order valence-electron chi connectivity index (χ2n) is 3.99. The van der Waals surface area contributed by atoms with Gasteiger partial charge < -0.3 is 10.4 Å². The van der Waals surface area contributed by atoms with E-state index in [0.717, 1.165) is 0 Å². The molecule has 7 heteroatoms. The van der Waals surface area contributed by atoms with Crippen LogP contribution >= 0.6 is 50.7 Å². The molecule has 0 saturated heterocycles. The lowest BCUT2D eigenvalue weighted by molar-refractivity contribution is 0.469. The molecule has 0 aliphatic carbocycles. The van der Waals surface area contributed by atoms with E-state index in [1.165, 1.54) is 18.2 Å². The maximum Gasteiger partial charge on any atom is 0.139 e. The number of anilines is 1. The fourth-order valence-corrected chi connectivity index (χ4v) is 3.14. The smallest absolute Gasteiger partial charge is 0.139 e. The van der Waals surface area contributed by atoms with Gasteiger partial charge in [0.1, 0.15) is 11.6 Å². The fourth-order valence-electron chi connectivity index (χ4n) is 1.65. The molecular weight excluding hydrogens is 391 g/mol. The number of phenolic OH excluding ortho intramolecular Hbond substituents is 1. The first-order chi connectivity index (χ1) is 9.38. The monoisotopic (exact) mass is 397 g/mol. The van der Waals surface area contributed by atoms with E-state index in [1.807, 2.05) is 0 Å². The van der Waals surface area contributed by atoms with Gasteiger partial charge in [0.2, 0.25) is 0 Å². The Morgan fingerprint density at radius 1 is 1.10 bits per heavy atom. The Labute approximate surface area is 138 Å². The average Bonchev–Trinajstić information content (AvgIpc) is 2.33. The van der Waals surface area contributed by atoms with Gasteiger partial charge in [-0.2, -0.15) is 0 Å². The summed E-state index contributed by atoms with van der Waals surface area (Å²) < 4.78 is 13.6. The maximum absolute atomic E-state index is 13.1. The molecule has 0 bridgehead atoms. The standard InChI is InChI=1S/C13H8BrCl3FNO/c14-9-3-8(18)4-10(16)12(9)19-5-6-1-7(15)2-11(17)13(6)20/h1-4,19-20H,5H2. The molecule has 0 saturated carbocycles. The van der Waals surface area contributed by atoms with Crippen LogP contribution in [-0.2, 0) is 6.54 Å². The summed E-state index contributed by atoms with van der Waals surface area (Å²) in [6.07, 6.45) is 0. The van der Waals surface area contributed by atoms with Crippen molar-refractivity contribution in [2.75, 3.05) is 5.32 Å². The molecule has 0 aromatic heterocycles. The summed E-state index contributed by atoms with van der Waals surface area (Å²) in [5.41, 5.74) is 1.03. The SMILES string of the molecule is Oc1c(Cl)cc(Cl)cc1CNc1c(Cl)cc(F)cc1Br. The van der Waals surface area contributed by atoms with Crippen LogP contribution in [0.4, 0.5) is 10.1 Å². The quantitative estimate of drug-likeness (QED) is 0.677. The topological polar surface area (TPSA) is 32.3 Å². The van der Waals surface area contributed by atoms with E-state index in [9.17, 15) is 9.50 Å². The Morgan fingerprint density at radius 2 is 1.80 bits per heavy atom. The molecule has 20 heavy (non-hydrogen) atoms. The van der Waals surface area contributed by atoms with Crippen LogP contribution in [0.25, 0.3) is 0 Å². The first-order valence-corrected chi connectivity index (χ1v) is 7.36.